The number of nitrogen functional groups attached to an aromatic ring is 1. The van der Waals surface area contributed by atoms with Crippen molar-refractivity contribution in [2.45, 2.75) is 18.0 Å². The Labute approximate surface area is 198 Å². The largest absolute Gasteiger partial charge is 0.406 e. The maximum Gasteiger partial charge on any atom is 0.312 e. The van der Waals surface area contributed by atoms with Crippen LogP contribution in [0.2, 0.25) is 5.02 Å². The third-order valence-corrected chi connectivity index (χ3v) is 6.19. The van der Waals surface area contributed by atoms with Crippen molar-refractivity contribution < 1.29 is 9.21 Å². The lowest BCUT2D eigenvalue weighted by atomic mass is 10.1. The Bertz CT molecular complexity index is 1280. The Balaban J connectivity index is 1.49. The van der Waals surface area contributed by atoms with Gasteiger partial charge in [0.05, 0.1) is 47.2 Å². The highest BCUT2D eigenvalue weighted by Gasteiger charge is 2.19. The quantitative estimate of drug-likeness (QED) is 0.363. The third kappa shape index (κ3) is 5.71. The molecule has 4 aromatic rings. The van der Waals surface area contributed by atoms with Crippen molar-refractivity contribution in [1.29, 1.82) is 5.26 Å². The van der Waals surface area contributed by atoms with Gasteiger partial charge in [0.25, 0.3) is 0 Å². The number of aromatic nitrogens is 4. The fourth-order valence-corrected chi connectivity index (χ4v) is 4.22. The highest BCUT2D eigenvalue weighted by atomic mass is 35.5. The van der Waals surface area contributed by atoms with E-state index in [1.165, 1.54) is 11.8 Å². The number of carbonyl (C=O) groups is 1. The normalized spacial score (nSPS) is 10.7. The number of nitrogens with zero attached hydrogens (tertiary/aromatic N) is 5. The maximum atomic E-state index is 13.2. The minimum absolute atomic E-state index is 0.0625. The second-order valence-corrected chi connectivity index (χ2v) is 8.42. The molecule has 11 heteroatoms. The zero-order chi connectivity index (χ0) is 23.2. The maximum absolute atomic E-state index is 13.2. The molecule has 2 heterocycles. The Morgan fingerprint density at radius 3 is 2.70 bits per heavy atom. The van der Waals surface area contributed by atoms with Crippen molar-refractivity contribution in [3.8, 4) is 17.3 Å². The summed E-state index contributed by atoms with van der Waals surface area (Å²) >= 11 is 7.70. The van der Waals surface area contributed by atoms with Gasteiger partial charge in [-0.2, -0.15) is 5.26 Å². The smallest absolute Gasteiger partial charge is 0.312 e. The first kappa shape index (κ1) is 22.4. The molecule has 0 aliphatic carbocycles. The molecule has 33 heavy (non-hydrogen) atoms. The summed E-state index contributed by atoms with van der Waals surface area (Å²) < 4.78 is 5.26. The number of benzene rings is 2. The molecule has 0 atom stereocenters. The van der Waals surface area contributed by atoms with E-state index in [-0.39, 0.29) is 30.1 Å². The molecule has 0 radical (unpaired) electrons. The Hall–Kier alpha value is -3.81. The molecule has 0 unspecified atom stereocenters. The number of anilines is 1. The first-order valence-corrected chi connectivity index (χ1v) is 11.1. The van der Waals surface area contributed by atoms with Crippen LogP contribution in [0.3, 0.4) is 0 Å². The van der Waals surface area contributed by atoms with E-state index < -0.39 is 0 Å². The van der Waals surface area contributed by atoms with Gasteiger partial charge in [0.1, 0.15) is 0 Å². The molecule has 3 N–H and O–H groups in total. The summed E-state index contributed by atoms with van der Waals surface area (Å²) in [6.45, 7) is 0.404. The summed E-state index contributed by atoms with van der Waals surface area (Å²) in [5.74, 6) is 0.231. The number of amides is 1. The van der Waals surface area contributed by atoms with Crippen molar-refractivity contribution in [2.24, 2.45) is 0 Å². The second-order valence-electron chi connectivity index (χ2n) is 6.99. The summed E-state index contributed by atoms with van der Waals surface area (Å²) in [6, 6.07) is 14.6. The van der Waals surface area contributed by atoms with E-state index in [0.29, 0.717) is 17.1 Å². The number of aromatic amines is 1. The van der Waals surface area contributed by atoms with Crippen molar-refractivity contribution in [2.75, 3.05) is 11.5 Å². The number of nitriles is 1. The number of imidazole rings is 1. The SMILES string of the molecule is N#Cc1ccc(CN(Cc2nnc(N)o2)C(=O)CSc2cc(-c3cnc[nH]3)ccc2Cl)cc1. The van der Waals surface area contributed by atoms with Crippen LogP contribution in [0.5, 0.6) is 0 Å². The van der Waals surface area contributed by atoms with Crippen molar-refractivity contribution >= 4 is 35.3 Å². The van der Waals surface area contributed by atoms with Crippen LogP contribution >= 0.6 is 23.4 Å². The van der Waals surface area contributed by atoms with Crippen LogP contribution in [0.15, 0.2) is 64.3 Å². The number of H-pyrrole nitrogens is 1. The zero-order valence-electron chi connectivity index (χ0n) is 17.2. The van der Waals surface area contributed by atoms with E-state index in [4.69, 9.17) is 27.0 Å². The molecular formula is C22H18ClN7O2S. The van der Waals surface area contributed by atoms with E-state index in [1.807, 2.05) is 12.1 Å². The van der Waals surface area contributed by atoms with Crippen LogP contribution in [0, 0.1) is 11.3 Å². The molecule has 0 aliphatic rings. The van der Waals surface area contributed by atoms with E-state index in [9.17, 15) is 4.79 Å². The van der Waals surface area contributed by atoms with Crippen molar-refractivity contribution in [1.82, 2.24) is 25.1 Å². The van der Waals surface area contributed by atoms with Crippen LogP contribution in [0.1, 0.15) is 17.0 Å². The van der Waals surface area contributed by atoms with E-state index in [0.717, 1.165) is 21.7 Å². The number of nitrogens with two attached hydrogens (primary N) is 1. The molecule has 2 aromatic carbocycles. The van der Waals surface area contributed by atoms with E-state index in [1.54, 1.807) is 47.8 Å². The fourth-order valence-electron chi connectivity index (χ4n) is 3.06. The molecule has 1 amide bonds. The summed E-state index contributed by atoms with van der Waals surface area (Å²) in [5.41, 5.74) is 8.70. The van der Waals surface area contributed by atoms with Gasteiger partial charge in [-0.1, -0.05) is 34.9 Å². The lowest BCUT2D eigenvalue weighted by Gasteiger charge is -2.21. The monoisotopic (exact) mass is 479 g/mol. The predicted octanol–water partition coefficient (Wildman–Crippen LogP) is 3.89. The minimum atomic E-state index is -0.149. The van der Waals surface area contributed by atoms with Crippen molar-refractivity contribution in [3.63, 3.8) is 0 Å². The molecule has 0 saturated carbocycles. The fraction of sp³-hybridized carbons (Fsp3) is 0.136. The molecule has 0 saturated heterocycles. The van der Waals surface area contributed by atoms with Gasteiger partial charge in [0.15, 0.2) is 0 Å². The van der Waals surface area contributed by atoms with Crippen LogP contribution < -0.4 is 5.73 Å². The standard InChI is InChI=1S/C22H18ClN7O2S/c23-17-6-5-16(18-9-26-13-27-18)7-19(17)33-12-21(31)30(11-20-28-29-22(25)32-20)10-15-3-1-14(8-24)2-4-15/h1-7,9,13H,10-12H2,(H2,25,29)(H,26,27). The topological polar surface area (TPSA) is 138 Å². The molecule has 9 nitrogen and oxygen atoms in total. The molecule has 4 rings (SSSR count). The number of halogens is 1. The number of hydrogen-bond acceptors (Lipinski definition) is 8. The summed E-state index contributed by atoms with van der Waals surface area (Å²) in [7, 11) is 0. The Morgan fingerprint density at radius 2 is 2.03 bits per heavy atom. The average Bonchev–Trinajstić information content (AvgIpc) is 3.50. The van der Waals surface area contributed by atoms with Gasteiger partial charge in [-0.25, -0.2) is 4.98 Å². The van der Waals surface area contributed by atoms with Gasteiger partial charge in [0.2, 0.25) is 11.8 Å². The van der Waals surface area contributed by atoms with Gasteiger partial charge >= 0.3 is 6.01 Å². The number of thioether (sulfide) groups is 1. The molecule has 2 aromatic heterocycles. The lowest BCUT2D eigenvalue weighted by molar-refractivity contribution is -0.129. The first-order chi connectivity index (χ1) is 16.0. The first-order valence-electron chi connectivity index (χ1n) is 9.77. The zero-order valence-corrected chi connectivity index (χ0v) is 18.8. The van der Waals surface area contributed by atoms with E-state index >= 15 is 0 Å². The Kier molecular flexibility index (Phi) is 6.92. The second kappa shape index (κ2) is 10.2. The predicted molar refractivity (Wildman–Crippen MR) is 124 cm³/mol. The highest BCUT2D eigenvalue weighted by Crippen LogP contribution is 2.31. The molecule has 166 valence electrons. The number of hydrogen-bond donors (Lipinski definition) is 2. The third-order valence-electron chi connectivity index (χ3n) is 4.71. The number of rotatable bonds is 8. The number of nitrogens with one attached hydrogen (secondary N) is 1. The highest BCUT2D eigenvalue weighted by molar-refractivity contribution is 8.00. The summed E-state index contributed by atoms with van der Waals surface area (Å²) in [4.78, 5) is 22.6. The summed E-state index contributed by atoms with van der Waals surface area (Å²) in [5, 5.41) is 17.1. The Morgan fingerprint density at radius 1 is 1.21 bits per heavy atom. The number of carbonyl (C=O) groups excluding carboxylic acids is 1. The van der Waals surface area contributed by atoms with Crippen LogP contribution in [-0.2, 0) is 17.9 Å². The summed E-state index contributed by atoms with van der Waals surface area (Å²) in [6.07, 6.45) is 3.32. The van der Waals surface area contributed by atoms with Gasteiger partial charge in [-0.05, 0) is 29.8 Å². The minimum Gasteiger partial charge on any atom is -0.406 e. The van der Waals surface area contributed by atoms with Crippen LogP contribution in [0.4, 0.5) is 6.01 Å². The molecule has 0 bridgehead atoms. The molecule has 0 aliphatic heterocycles. The van der Waals surface area contributed by atoms with Gasteiger partial charge in [0, 0.05) is 17.0 Å². The lowest BCUT2D eigenvalue weighted by Crippen LogP contribution is -2.31. The van der Waals surface area contributed by atoms with Gasteiger partial charge < -0.3 is 20.0 Å². The molecule has 0 fully saturated rings. The van der Waals surface area contributed by atoms with Crippen molar-refractivity contribution in [3.05, 3.63) is 77.0 Å². The molecule has 0 spiro atoms. The average molecular weight is 480 g/mol. The van der Waals surface area contributed by atoms with Crippen LogP contribution in [-0.4, -0.2) is 36.7 Å². The van der Waals surface area contributed by atoms with Gasteiger partial charge in [-0.3, -0.25) is 4.79 Å². The van der Waals surface area contributed by atoms with Crippen LogP contribution in [0.25, 0.3) is 11.3 Å². The van der Waals surface area contributed by atoms with Gasteiger partial charge in [-0.15, -0.1) is 16.9 Å². The van der Waals surface area contributed by atoms with E-state index in [2.05, 4.69) is 26.2 Å². The molecular weight excluding hydrogens is 462 g/mol.